The molecule has 0 amide bonds. The summed E-state index contributed by atoms with van der Waals surface area (Å²) in [7, 11) is -1.51. The zero-order valence-electron chi connectivity index (χ0n) is 7.47. The van der Waals surface area contributed by atoms with Crippen molar-refractivity contribution in [1.29, 1.82) is 0 Å². The third-order valence-electron chi connectivity index (χ3n) is 1.97. The van der Waals surface area contributed by atoms with Crippen LogP contribution < -0.4 is 0 Å². The minimum Gasteiger partial charge on any atom is -0.372 e. The summed E-state index contributed by atoms with van der Waals surface area (Å²) in [6.07, 6.45) is 0.533. The lowest BCUT2D eigenvalue weighted by atomic mass is 10.5. The summed E-state index contributed by atoms with van der Waals surface area (Å²) in [5, 5.41) is 0. The standard InChI is InChI=1S/C7H13O5P/c1-9-13(8,5-7-3-11-7)12-4-6-2-10-6/h6-7H,2-5H2,1H3. The van der Waals surface area contributed by atoms with Gasteiger partial charge in [-0.25, -0.2) is 0 Å². The van der Waals surface area contributed by atoms with Crippen molar-refractivity contribution >= 4 is 7.60 Å². The summed E-state index contributed by atoms with van der Waals surface area (Å²) in [6, 6.07) is 0. The Morgan fingerprint density at radius 2 is 2.00 bits per heavy atom. The van der Waals surface area contributed by atoms with Crippen LogP contribution in [-0.2, 0) is 23.1 Å². The van der Waals surface area contributed by atoms with E-state index in [1.54, 1.807) is 0 Å². The van der Waals surface area contributed by atoms with Crippen molar-refractivity contribution in [3.05, 3.63) is 0 Å². The van der Waals surface area contributed by atoms with E-state index in [0.29, 0.717) is 26.0 Å². The summed E-state index contributed by atoms with van der Waals surface area (Å²) in [5.74, 6) is 0. The first-order valence-electron chi connectivity index (χ1n) is 4.24. The maximum absolute atomic E-state index is 11.8. The molecule has 0 bridgehead atoms. The van der Waals surface area contributed by atoms with E-state index in [1.807, 2.05) is 0 Å². The summed E-state index contributed by atoms with van der Waals surface area (Å²) < 4.78 is 31.7. The Labute approximate surface area is 76.8 Å². The smallest absolute Gasteiger partial charge is 0.333 e. The molecule has 0 saturated carbocycles. The SMILES string of the molecule is COP(=O)(CC1CO1)OCC1CO1. The van der Waals surface area contributed by atoms with Gasteiger partial charge in [0.2, 0.25) is 0 Å². The van der Waals surface area contributed by atoms with E-state index in [1.165, 1.54) is 7.11 Å². The van der Waals surface area contributed by atoms with Gasteiger partial charge in [-0.3, -0.25) is 4.57 Å². The summed E-state index contributed by atoms with van der Waals surface area (Å²) >= 11 is 0. The summed E-state index contributed by atoms with van der Waals surface area (Å²) in [4.78, 5) is 0. The zero-order chi connectivity index (χ0) is 9.31. The second-order valence-electron chi connectivity index (χ2n) is 3.18. The molecule has 0 aromatic rings. The molecule has 13 heavy (non-hydrogen) atoms. The molecular formula is C7H13O5P. The molecule has 76 valence electrons. The Balaban J connectivity index is 1.76. The van der Waals surface area contributed by atoms with Crippen LogP contribution in [0.25, 0.3) is 0 Å². The van der Waals surface area contributed by atoms with Crippen molar-refractivity contribution in [3.8, 4) is 0 Å². The summed E-state index contributed by atoms with van der Waals surface area (Å²) in [6.45, 7) is 1.72. The maximum Gasteiger partial charge on any atom is 0.333 e. The van der Waals surface area contributed by atoms with Crippen LogP contribution in [-0.4, -0.2) is 45.3 Å². The van der Waals surface area contributed by atoms with Gasteiger partial charge in [0.15, 0.2) is 0 Å². The first kappa shape index (κ1) is 9.62. The zero-order valence-corrected chi connectivity index (χ0v) is 8.37. The topological polar surface area (TPSA) is 60.6 Å². The van der Waals surface area contributed by atoms with E-state index in [0.717, 1.165) is 0 Å². The number of hydrogen-bond donors (Lipinski definition) is 0. The van der Waals surface area contributed by atoms with Crippen LogP contribution >= 0.6 is 7.60 Å². The van der Waals surface area contributed by atoms with Crippen LogP contribution in [0, 0.1) is 0 Å². The molecule has 3 unspecified atom stereocenters. The molecule has 2 aliphatic heterocycles. The highest BCUT2D eigenvalue weighted by atomic mass is 31.2. The van der Waals surface area contributed by atoms with Crippen LogP contribution in [0.1, 0.15) is 0 Å². The van der Waals surface area contributed by atoms with Crippen LogP contribution in [0.5, 0.6) is 0 Å². The van der Waals surface area contributed by atoms with E-state index in [2.05, 4.69) is 0 Å². The molecular weight excluding hydrogens is 195 g/mol. The summed E-state index contributed by atoms with van der Waals surface area (Å²) in [5.41, 5.74) is 0. The second-order valence-corrected chi connectivity index (χ2v) is 5.39. The van der Waals surface area contributed by atoms with Gasteiger partial charge in [0.25, 0.3) is 0 Å². The fourth-order valence-electron chi connectivity index (χ4n) is 0.964. The van der Waals surface area contributed by atoms with Crippen LogP contribution in [0.2, 0.25) is 0 Å². The Bertz CT molecular complexity index is 223. The van der Waals surface area contributed by atoms with Gasteiger partial charge in [-0.15, -0.1) is 0 Å². The van der Waals surface area contributed by atoms with E-state index in [4.69, 9.17) is 18.5 Å². The Morgan fingerprint density at radius 1 is 1.38 bits per heavy atom. The lowest BCUT2D eigenvalue weighted by molar-refractivity contribution is 0.208. The van der Waals surface area contributed by atoms with Crippen molar-refractivity contribution in [1.82, 2.24) is 0 Å². The van der Waals surface area contributed by atoms with Crippen LogP contribution in [0.3, 0.4) is 0 Å². The van der Waals surface area contributed by atoms with Gasteiger partial charge in [0.05, 0.1) is 32.1 Å². The highest BCUT2D eigenvalue weighted by Crippen LogP contribution is 2.50. The molecule has 2 rings (SSSR count). The Morgan fingerprint density at radius 3 is 2.46 bits per heavy atom. The highest BCUT2D eigenvalue weighted by Gasteiger charge is 2.37. The predicted octanol–water partition coefficient (Wildman–Crippen LogP) is 0.640. The van der Waals surface area contributed by atoms with Gasteiger partial charge < -0.3 is 18.5 Å². The molecule has 5 nitrogen and oxygen atoms in total. The average Bonchev–Trinajstić information content (AvgIpc) is 2.96. The van der Waals surface area contributed by atoms with Gasteiger partial charge >= 0.3 is 7.60 Å². The van der Waals surface area contributed by atoms with E-state index in [9.17, 15) is 4.57 Å². The van der Waals surface area contributed by atoms with Crippen molar-refractivity contribution < 1.29 is 23.1 Å². The van der Waals surface area contributed by atoms with E-state index in [-0.39, 0.29) is 12.2 Å². The first-order valence-corrected chi connectivity index (χ1v) is 5.97. The molecule has 0 aromatic carbocycles. The molecule has 0 spiro atoms. The fourth-order valence-corrected chi connectivity index (χ4v) is 2.43. The normalized spacial score (nSPS) is 35.5. The van der Waals surface area contributed by atoms with Crippen molar-refractivity contribution in [2.45, 2.75) is 12.2 Å². The fraction of sp³-hybridized carbons (Fsp3) is 1.00. The highest BCUT2D eigenvalue weighted by molar-refractivity contribution is 7.53. The van der Waals surface area contributed by atoms with E-state index >= 15 is 0 Å². The van der Waals surface area contributed by atoms with Crippen molar-refractivity contribution in [2.75, 3.05) is 33.1 Å². The lowest BCUT2D eigenvalue weighted by Gasteiger charge is -2.14. The van der Waals surface area contributed by atoms with Crippen molar-refractivity contribution in [3.63, 3.8) is 0 Å². The molecule has 0 radical (unpaired) electrons. The molecule has 0 aliphatic carbocycles. The minimum atomic E-state index is -2.91. The number of rotatable bonds is 6. The molecule has 2 saturated heterocycles. The largest absolute Gasteiger partial charge is 0.372 e. The van der Waals surface area contributed by atoms with Gasteiger partial charge in [0.1, 0.15) is 6.10 Å². The quantitative estimate of drug-likeness (QED) is 0.473. The number of epoxide rings is 2. The van der Waals surface area contributed by atoms with Crippen molar-refractivity contribution in [2.24, 2.45) is 0 Å². The first-order chi connectivity index (χ1) is 6.22. The number of hydrogen-bond acceptors (Lipinski definition) is 5. The maximum atomic E-state index is 11.8. The molecule has 2 fully saturated rings. The van der Waals surface area contributed by atoms with Gasteiger partial charge in [-0.05, 0) is 0 Å². The van der Waals surface area contributed by atoms with Gasteiger partial charge in [0, 0.05) is 7.11 Å². The molecule has 2 aliphatic rings. The predicted molar refractivity (Wildman–Crippen MR) is 44.9 cm³/mol. The van der Waals surface area contributed by atoms with Gasteiger partial charge in [-0.1, -0.05) is 0 Å². The molecule has 0 aromatic heterocycles. The molecule has 6 heteroatoms. The van der Waals surface area contributed by atoms with Gasteiger partial charge in [-0.2, -0.15) is 0 Å². The van der Waals surface area contributed by atoms with Crippen LogP contribution in [0.15, 0.2) is 0 Å². The van der Waals surface area contributed by atoms with E-state index < -0.39 is 7.60 Å². The van der Waals surface area contributed by atoms with Crippen LogP contribution in [0.4, 0.5) is 0 Å². The number of ether oxygens (including phenoxy) is 2. The lowest BCUT2D eigenvalue weighted by Crippen LogP contribution is -2.06. The molecule has 2 heterocycles. The molecule has 3 atom stereocenters. The second kappa shape index (κ2) is 3.67. The third-order valence-corrected chi connectivity index (χ3v) is 3.92. The monoisotopic (exact) mass is 208 g/mol. The third kappa shape index (κ3) is 3.04. The minimum absolute atomic E-state index is 0.0610. The average molecular weight is 208 g/mol. The Hall–Kier alpha value is 0.0700. The molecule has 0 N–H and O–H groups in total. The Kier molecular flexibility index (Phi) is 2.72.